The Morgan fingerprint density at radius 1 is 1.17 bits per heavy atom. The molecule has 0 saturated heterocycles. The quantitative estimate of drug-likeness (QED) is 0.788. The number of carbonyl (C=O) groups excluding carboxylic acids is 1. The van der Waals surface area contributed by atoms with Crippen LogP contribution in [0.1, 0.15) is 15.9 Å². The summed E-state index contributed by atoms with van der Waals surface area (Å²) in [6, 6.07) is 11.4. The van der Waals surface area contributed by atoms with E-state index in [2.05, 4.69) is 0 Å². The van der Waals surface area contributed by atoms with Gasteiger partial charge in [0.15, 0.2) is 0 Å². The second kappa shape index (κ2) is 7.57. The number of carbonyl (C=O) groups is 1. The minimum absolute atomic E-state index is 0.136. The number of ether oxygens (including phenoxy) is 1. The van der Waals surface area contributed by atoms with E-state index in [4.69, 9.17) is 16.3 Å². The summed E-state index contributed by atoms with van der Waals surface area (Å²) >= 11 is 5.83. The molecule has 0 fully saturated rings. The zero-order valence-electron chi connectivity index (χ0n) is 12.8. The van der Waals surface area contributed by atoms with Crippen LogP contribution in [0.2, 0.25) is 5.02 Å². The maximum absolute atomic E-state index is 13.0. The smallest absolute Gasteiger partial charge is 0.417 e. The van der Waals surface area contributed by atoms with Crippen molar-refractivity contribution in [3.63, 3.8) is 0 Å². The van der Waals surface area contributed by atoms with Crippen LogP contribution in [-0.4, -0.2) is 31.0 Å². The number of benzene rings is 2. The van der Waals surface area contributed by atoms with Crippen molar-refractivity contribution in [2.24, 2.45) is 0 Å². The van der Waals surface area contributed by atoms with Gasteiger partial charge in [0, 0.05) is 12.1 Å². The van der Waals surface area contributed by atoms with Crippen LogP contribution in [0.4, 0.5) is 13.2 Å². The van der Waals surface area contributed by atoms with E-state index in [9.17, 15) is 18.0 Å². The second-order valence-corrected chi connectivity index (χ2v) is 5.51. The minimum Gasteiger partial charge on any atom is -0.492 e. The first kappa shape index (κ1) is 18.1. The van der Waals surface area contributed by atoms with Gasteiger partial charge in [-0.1, -0.05) is 29.8 Å². The lowest BCUT2D eigenvalue weighted by atomic mass is 10.1. The zero-order chi connectivity index (χ0) is 17.7. The van der Waals surface area contributed by atoms with Crippen LogP contribution in [-0.2, 0) is 6.18 Å². The number of hydrogen-bond donors (Lipinski definition) is 0. The first-order valence-corrected chi connectivity index (χ1v) is 7.47. The SMILES string of the molecule is CN(CCOc1cccc(Cl)c1)C(=O)c1ccccc1C(F)(F)F. The van der Waals surface area contributed by atoms with E-state index >= 15 is 0 Å². The van der Waals surface area contributed by atoms with Crippen LogP contribution in [0.15, 0.2) is 48.5 Å². The molecule has 3 nitrogen and oxygen atoms in total. The molecule has 0 N–H and O–H groups in total. The molecule has 0 unspecified atom stereocenters. The summed E-state index contributed by atoms with van der Waals surface area (Å²) in [6.07, 6.45) is -4.58. The normalized spacial score (nSPS) is 11.2. The van der Waals surface area contributed by atoms with Crippen LogP contribution in [0.25, 0.3) is 0 Å². The summed E-state index contributed by atoms with van der Waals surface area (Å²) in [6.45, 7) is 0.272. The van der Waals surface area contributed by atoms with Gasteiger partial charge in [-0.25, -0.2) is 0 Å². The monoisotopic (exact) mass is 357 g/mol. The minimum atomic E-state index is -4.58. The predicted octanol–water partition coefficient (Wildman–Crippen LogP) is 4.51. The Labute approximate surface area is 142 Å². The lowest BCUT2D eigenvalue weighted by Crippen LogP contribution is -2.32. The molecule has 24 heavy (non-hydrogen) atoms. The van der Waals surface area contributed by atoms with Gasteiger partial charge >= 0.3 is 6.18 Å². The third kappa shape index (κ3) is 4.64. The van der Waals surface area contributed by atoms with Gasteiger partial charge in [-0.05, 0) is 30.3 Å². The van der Waals surface area contributed by atoms with Gasteiger partial charge in [0.2, 0.25) is 0 Å². The number of amides is 1. The van der Waals surface area contributed by atoms with E-state index < -0.39 is 17.6 Å². The highest BCUT2D eigenvalue weighted by molar-refractivity contribution is 6.30. The van der Waals surface area contributed by atoms with E-state index in [1.165, 1.54) is 30.1 Å². The fourth-order valence-corrected chi connectivity index (χ4v) is 2.26. The molecule has 0 atom stereocenters. The molecule has 0 bridgehead atoms. The van der Waals surface area contributed by atoms with Crippen molar-refractivity contribution in [2.75, 3.05) is 20.2 Å². The lowest BCUT2D eigenvalue weighted by molar-refractivity contribution is -0.138. The summed E-state index contributed by atoms with van der Waals surface area (Å²) in [5.41, 5.74) is -1.33. The summed E-state index contributed by atoms with van der Waals surface area (Å²) in [5, 5.41) is 0.510. The van der Waals surface area contributed by atoms with E-state index in [0.717, 1.165) is 6.07 Å². The number of likely N-dealkylation sites (N-methyl/N-ethyl adjacent to an activating group) is 1. The molecule has 0 aromatic heterocycles. The van der Waals surface area contributed by atoms with Gasteiger partial charge in [0.05, 0.1) is 17.7 Å². The Hall–Kier alpha value is -2.21. The van der Waals surface area contributed by atoms with Crippen LogP contribution >= 0.6 is 11.6 Å². The van der Waals surface area contributed by atoms with Gasteiger partial charge in [-0.2, -0.15) is 13.2 Å². The standard InChI is InChI=1S/C17H15ClF3NO2/c1-22(9-10-24-13-6-4-5-12(18)11-13)16(23)14-7-2-3-8-15(14)17(19,20)21/h2-8,11H,9-10H2,1H3. The molecule has 0 saturated carbocycles. The van der Waals surface area contributed by atoms with E-state index in [1.54, 1.807) is 24.3 Å². The highest BCUT2D eigenvalue weighted by Crippen LogP contribution is 2.32. The van der Waals surface area contributed by atoms with Crippen LogP contribution in [0, 0.1) is 0 Å². The third-order valence-corrected chi connectivity index (χ3v) is 3.54. The van der Waals surface area contributed by atoms with Crippen LogP contribution < -0.4 is 4.74 Å². The summed E-state index contributed by atoms with van der Waals surface area (Å²) in [7, 11) is 1.43. The maximum atomic E-state index is 13.0. The van der Waals surface area contributed by atoms with Crippen molar-refractivity contribution in [1.82, 2.24) is 4.90 Å². The average Bonchev–Trinajstić information content (AvgIpc) is 2.53. The lowest BCUT2D eigenvalue weighted by Gasteiger charge is -2.20. The molecule has 0 aliphatic rings. The molecule has 2 rings (SSSR count). The first-order valence-electron chi connectivity index (χ1n) is 7.09. The molecule has 0 spiro atoms. The number of rotatable bonds is 5. The van der Waals surface area contributed by atoms with Gasteiger partial charge < -0.3 is 9.64 Å². The van der Waals surface area contributed by atoms with Crippen molar-refractivity contribution >= 4 is 17.5 Å². The largest absolute Gasteiger partial charge is 0.492 e. The predicted molar refractivity (Wildman–Crippen MR) is 85.4 cm³/mol. The Kier molecular flexibility index (Phi) is 5.72. The zero-order valence-corrected chi connectivity index (χ0v) is 13.6. The Balaban J connectivity index is 2.00. The van der Waals surface area contributed by atoms with Crippen molar-refractivity contribution in [3.05, 3.63) is 64.7 Å². The third-order valence-electron chi connectivity index (χ3n) is 3.30. The fraction of sp³-hybridized carbons (Fsp3) is 0.235. The molecule has 128 valence electrons. The Morgan fingerprint density at radius 3 is 2.54 bits per heavy atom. The van der Waals surface area contributed by atoms with Gasteiger partial charge in [-0.15, -0.1) is 0 Å². The highest BCUT2D eigenvalue weighted by atomic mass is 35.5. The maximum Gasteiger partial charge on any atom is 0.417 e. The summed E-state index contributed by atoms with van der Waals surface area (Å²) in [5.74, 6) is -0.184. The average molecular weight is 358 g/mol. The van der Waals surface area contributed by atoms with Gasteiger partial charge in [-0.3, -0.25) is 4.79 Å². The Morgan fingerprint density at radius 2 is 1.88 bits per heavy atom. The summed E-state index contributed by atoms with van der Waals surface area (Å²) in [4.78, 5) is 13.4. The van der Waals surface area contributed by atoms with Crippen LogP contribution in [0.5, 0.6) is 5.75 Å². The number of halogens is 4. The van der Waals surface area contributed by atoms with Gasteiger partial charge in [0.25, 0.3) is 5.91 Å². The molecule has 2 aromatic carbocycles. The molecular weight excluding hydrogens is 343 g/mol. The molecule has 2 aromatic rings. The fourth-order valence-electron chi connectivity index (χ4n) is 2.08. The number of alkyl halides is 3. The first-order chi connectivity index (χ1) is 11.3. The number of nitrogens with zero attached hydrogens (tertiary/aromatic N) is 1. The number of hydrogen-bond acceptors (Lipinski definition) is 2. The van der Waals surface area contributed by atoms with Crippen molar-refractivity contribution in [2.45, 2.75) is 6.18 Å². The van der Waals surface area contributed by atoms with E-state index in [-0.39, 0.29) is 18.7 Å². The van der Waals surface area contributed by atoms with Crippen molar-refractivity contribution in [3.8, 4) is 5.75 Å². The van der Waals surface area contributed by atoms with Crippen molar-refractivity contribution in [1.29, 1.82) is 0 Å². The molecule has 0 aliphatic carbocycles. The van der Waals surface area contributed by atoms with E-state index in [0.29, 0.717) is 10.8 Å². The topological polar surface area (TPSA) is 29.5 Å². The second-order valence-electron chi connectivity index (χ2n) is 5.08. The highest BCUT2D eigenvalue weighted by Gasteiger charge is 2.35. The summed E-state index contributed by atoms with van der Waals surface area (Å²) < 4.78 is 44.4. The Bertz CT molecular complexity index is 719. The van der Waals surface area contributed by atoms with Crippen molar-refractivity contribution < 1.29 is 22.7 Å². The molecule has 0 heterocycles. The molecule has 1 amide bonds. The van der Waals surface area contributed by atoms with E-state index in [1.807, 2.05) is 0 Å². The molecular formula is C17H15ClF3NO2. The molecule has 0 radical (unpaired) electrons. The molecule has 0 aliphatic heterocycles. The molecule has 7 heteroatoms. The van der Waals surface area contributed by atoms with Crippen LogP contribution in [0.3, 0.4) is 0 Å². The van der Waals surface area contributed by atoms with Gasteiger partial charge in [0.1, 0.15) is 12.4 Å².